The molecule has 0 spiro atoms. The molecule has 5 heteroatoms. The van der Waals surface area contributed by atoms with Gasteiger partial charge >= 0.3 is 6.18 Å². The van der Waals surface area contributed by atoms with E-state index in [2.05, 4.69) is 4.90 Å². The highest BCUT2D eigenvalue weighted by molar-refractivity contribution is 5.24. The van der Waals surface area contributed by atoms with Crippen LogP contribution in [-0.4, -0.2) is 24.5 Å². The average molecular weight is 272 g/mol. The van der Waals surface area contributed by atoms with Gasteiger partial charge in [0.2, 0.25) is 0 Å². The van der Waals surface area contributed by atoms with E-state index in [-0.39, 0.29) is 0 Å². The van der Waals surface area contributed by atoms with Gasteiger partial charge < -0.3 is 10.6 Å². The fraction of sp³-hybridized carbons (Fsp3) is 0.571. The van der Waals surface area contributed by atoms with Crippen LogP contribution in [-0.2, 0) is 12.7 Å². The van der Waals surface area contributed by atoms with E-state index in [4.69, 9.17) is 5.73 Å². The topological polar surface area (TPSA) is 29.3 Å². The molecular formula is C14H19F3N2. The molecule has 1 fully saturated rings. The maximum absolute atomic E-state index is 12.4. The number of hydrogen-bond acceptors (Lipinski definition) is 2. The van der Waals surface area contributed by atoms with Crippen LogP contribution in [0.5, 0.6) is 0 Å². The molecular weight excluding hydrogens is 253 g/mol. The van der Waals surface area contributed by atoms with Crippen molar-refractivity contribution in [3.63, 3.8) is 0 Å². The summed E-state index contributed by atoms with van der Waals surface area (Å²) >= 11 is 0. The predicted octanol–water partition coefficient (Wildman–Crippen LogP) is 2.87. The third kappa shape index (κ3) is 3.94. The second-order valence-corrected chi connectivity index (χ2v) is 5.49. The Morgan fingerprint density at radius 3 is 2.26 bits per heavy atom. The zero-order chi connectivity index (χ0) is 14.0. The van der Waals surface area contributed by atoms with Crippen LogP contribution in [0.1, 0.15) is 24.0 Å². The van der Waals surface area contributed by atoms with Crippen molar-refractivity contribution in [1.29, 1.82) is 0 Å². The molecule has 2 rings (SSSR count). The molecule has 0 heterocycles. The van der Waals surface area contributed by atoms with Crippen molar-refractivity contribution in [2.45, 2.75) is 31.6 Å². The van der Waals surface area contributed by atoms with Crippen molar-refractivity contribution in [2.24, 2.45) is 11.7 Å². The van der Waals surface area contributed by atoms with Gasteiger partial charge in [-0.15, -0.1) is 0 Å². The SMILES string of the molecule is CN(Cc1ccc(C(F)(F)F)cc1)CC1CC(N)C1. The summed E-state index contributed by atoms with van der Waals surface area (Å²) in [5.74, 6) is 0.634. The lowest BCUT2D eigenvalue weighted by molar-refractivity contribution is -0.137. The molecule has 19 heavy (non-hydrogen) atoms. The maximum atomic E-state index is 12.4. The van der Waals surface area contributed by atoms with Gasteiger partial charge in [0, 0.05) is 19.1 Å². The third-order valence-electron chi connectivity index (χ3n) is 3.58. The van der Waals surface area contributed by atoms with E-state index in [0.717, 1.165) is 37.1 Å². The molecule has 1 aromatic carbocycles. The van der Waals surface area contributed by atoms with Crippen molar-refractivity contribution in [2.75, 3.05) is 13.6 Å². The Bertz CT molecular complexity index is 408. The standard InChI is InChI=1S/C14H19F3N2/c1-19(9-11-6-13(18)7-11)8-10-2-4-12(5-3-10)14(15,16)17/h2-5,11,13H,6-9,18H2,1H3. The molecule has 106 valence electrons. The van der Waals surface area contributed by atoms with Gasteiger partial charge in [0.1, 0.15) is 0 Å². The first kappa shape index (κ1) is 14.3. The van der Waals surface area contributed by atoms with Gasteiger partial charge in [0.05, 0.1) is 5.56 Å². The van der Waals surface area contributed by atoms with E-state index in [1.807, 2.05) is 7.05 Å². The van der Waals surface area contributed by atoms with Gasteiger partial charge in [-0.25, -0.2) is 0 Å². The lowest BCUT2D eigenvalue weighted by Gasteiger charge is -2.35. The van der Waals surface area contributed by atoms with Crippen molar-refractivity contribution in [3.05, 3.63) is 35.4 Å². The smallest absolute Gasteiger partial charge is 0.328 e. The van der Waals surface area contributed by atoms with Crippen molar-refractivity contribution < 1.29 is 13.2 Å². The van der Waals surface area contributed by atoms with Crippen LogP contribution in [0.3, 0.4) is 0 Å². The second kappa shape index (κ2) is 5.51. The maximum Gasteiger partial charge on any atom is 0.416 e. The van der Waals surface area contributed by atoms with Gasteiger partial charge in [0.15, 0.2) is 0 Å². The lowest BCUT2D eigenvalue weighted by Crippen LogP contribution is -2.41. The molecule has 0 unspecified atom stereocenters. The molecule has 1 aliphatic carbocycles. The van der Waals surface area contributed by atoms with Crippen LogP contribution in [0.2, 0.25) is 0 Å². The highest BCUT2D eigenvalue weighted by Gasteiger charge is 2.30. The van der Waals surface area contributed by atoms with E-state index in [0.29, 0.717) is 18.5 Å². The quantitative estimate of drug-likeness (QED) is 0.913. The molecule has 0 amide bonds. The molecule has 0 radical (unpaired) electrons. The number of alkyl halides is 3. The summed E-state index contributed by atoms with van der Waals surface area (Å²) in [5, 5.41) is 0. The van der Waals surface area contributed by atoms with Gasteiger partial charge in [-0.1, -0.05) is 12.1 Å². The Labute approximate surface area is 111 Å². The van der Waals surface area contributed by atoms with Crippen LogP contribution < -0.4 is 5.73 Å². The number of hydrogen-bond donors (Lipinski definition) is 1. The minimum absolute atomic E-state index is 0.337. The van der Waals surface area contributed by atoms with E-state index in [1.165, 1.54) is 0 Å². The monoisotopic (exact) mass is 272 g/mol. The number of rotatable bonds is 4. The Hall–Kier alpha value is -1.07. The van der Waals surface area contributed by atoms with E-state index >= 15 is 0 Å². The zero-order valence-electron chi connectivity index (χ0n) is 11.0. The Kier molecular flexibility index (Phi) is 4.16. The normalized spacial score (nSPS) is 23.5. The van der Waals surface area contributed by atoms with Crippen LogP contribution in [0.25, 0.3) is 0 Å². The molecule has 2 nitrogen and oxygen atoms in total. The van der Waals surface area contributed by atoms with Crippen molar-refractivity contribution in [3.8, 4) is 0 Å². The van der Waals surface area contributed by atoms with Gasteiger partial charge in [0.25, 0.3) is 0 Å². The second-order valence-electron chi connectivity index (χ2n) is 5.49. The molecule has 0 aliphatic heterocycles. The van der Waals surface area contributed by atoms with Crippen LogP contribution >= 0.6 is 0 Å². The van der Waals surface area contributed by atoms with Crippen LogP contribution in [0, 0.1) is 5.92 Å². The first-order valence-corrected chi connectivity index (χ1v) is 6.45. The molecule has 1 aromatic rings. The summed E-state index contributed by atoms with van der Waals surface area (Å²) in [7, 11) is 1.99. The largest absolute Gasteiger partial charge is 0.416 e. The lowest BCUT2D eigenvalue weighted by atomic mass is 9.80. The number of benzene rings is 1. The van der Waals surface area contributed by atoms with Gasteiger partial charge in [-0.3, -0.25) is 0 Å². The number of halogens is 3. The van der Waals surface area contributed by atoms with Gasteiger partial charge in [-0.05, 0) is 43.5 Å². The summed E-state index contributed by atoms with van der Waals surface area (Å²) in [5.41, 5.74) is 6.04. The third-order valence-corrected chi connectivity index (χ3v) is 3.58. The summed E-state index contributed by atoms with van der Waals surface area (Å²) < 4.78 is 37.3. The molecule has 1 saturated carbocycles. The minimum Gasteiger partial charge on any atom is -0.328 e. The van der Waals surface area contributed by atoms with Crippen LogP contribution in [0.15, 0.2) is 24.3 Å². The summed E-state index contributed by atoms with van der Waals surface area (Å²) in [6.07, 6.45) is -2.15. The summed E-state index contributed by atoms with van der Waals surface area (Å²) in [6, 6.07) is 5.71. The molecule has 0 bridgehead atoms. The minimum atomic E-state index is -4.26. The van der Waals surface area contributed by atoms with Crippen molar-refractivity contribution in [1.82, 2.24) is 4.90 Å². The van der Waals surface area contributed by atoms with E-state index in [9.17, 15) is 13.2 Å². The highest BCUT2D eigenvalue weighted by atomic mass is 19.4. The first-order chi connectivity index (χ1) is 8.84. The Morgan fingerprint density at radius 1 is 1.21 bits per heavy atom. The molecule has 2 N–H and O–H groups in total. The van der Waals surface area contributed by atoms with Crippen LogP contribution in [0.4, 0.5) is 13.2 Å². The van der Waals surface area contributed by atoms with Crippen molar-refractivity contribution >= 4 is 0 Å². The first-order valence-electron chi connectivity index (χ1n) is 6.45. The molecule has 0 saturated heterocycles. The Morgan fingerprint density at radius 2 is 1.79 bits per heavy atom. The fourth-order valence-corrected chi connectivity index (χ4v) is 2.55. The average Bonchev–Trinajstić information content (AvgIpc) is 2.26. The highest BCUT2D eigenvalue weighted by Crippen LogP contribution is 2.29. The summed E-state index contributed by atoms with van der Waals surface area (Å²) in [4.78, 5) is 2.14. The number of nitrogens with two attached hydrogens (primary N) is 1. The molecule has 1 aliphatic rings. The molecule has 0 aromatic heterocycles. The number of nitrogens with zero attached hydrogens (tertiary/aromatic N) is 1. The van der Waals surface area contributed by atoms with Gasteiger partial charge in [-0.2, -0.15) is 13.2 Å². The fourth-order valence-electron chi connectivity index (χ4n) is 2.55. The van der Waals surface area contributed by atoms with E-state index < -0.39 is 11.7 Å². The molecule has 0 atom stereocenters. The summed E-state index contributed by atoms with van der Waals surface area (Å²) in [6.45, 7) is 1.62. The van der Waals surface area contributed by atoms with E-state index in [1.54, 1.807) is 12.1 Å². The Balaban J connectivity index is 1.85. The zero-order valence-corrected chi connectivity index (χ0v) is 11.0. The predicted molar refractivity (Wildman–Crippen MR) is 68.5 cm³/mol.